The van der Waals surface area contributed by atoms with Crippen molar-refractivity contribution in [3.05, 3.63) is 24.3 Å². The number of nitrogens with zero attached hydrogens (tertiary/aromatic N) is 1. The smallest absolute Gasteiger partial charge is 0.161 e. The van der Waals surface area contributed by atoms with Gasteiger partial charge in [-0.25, -0.2) is 0 Å². The first kappa shape index (κ1) is 13.8. The molecule has 0 radical (unpaired) electrons. The van der Waals surface area contributed by atoms with Crippen molar-refractivity contribution in [3.63, 3.8) is 0 Å². The molecule has 1 aromatic carbocycles. The molecule has 4 heteroatoms. The lowest BCUT2D eigenvalue weighted by Crippen LogP contribution is -2.36. The van der Waals surface area contributed by atoms with Crippen LogP contribution in [0.3, 0.4) is 0 Å². The summed E-state index contributed by atoms with van der Waals surface area (Å²) in [7, 11) is 5.70. The Morgan fingerprint density at radius 1 is 1.24 bits per heavy atom. The van der Waals surface area contributed by atoms with E-state index in [2.05, 4.69) is 4.90 Å². The molecule has 4 nitrogen and oxygen atoms in total. The van der Waals surface area contributed by atoms with Crippen molar-refractivity contribution in [3.8, 4) is 11.5 Å². The van der Waals surface area contributed by atoms with Gasteiger partial charge in [0.05, 0.1) is 13.7 Å². The number of nitrogens with two attached hydrogens (primary N) is 1. The van der Waals surface area contributed by atoms with E-state index in [4.69, 9.17) is 15.2 Å². The molecule has 1 unspecified atom stereocenters. The van der Waals surface area contributed by atoms with Gasteiger partial charge in [0.2, 0.25) is 0 Å². The lowest BCUT2D eigenvalue weighted by Gasteiger charge is -2.22. The summed E-state index contributed by atoms with van der Waals surface area (Å²) < 4.78 is 10.9. The predicted octanol–water partition coefficient (Wildman–Crippen LogP) is 1.35. The fourth-order valence-electron chi connectivity index (χ4n) is 1.63. The lowest BCUT2D eigenvalue weighted by molar-refractivity contribution is 0.220. The number of benzene rings is 1. The van der Waals surface area contributed by atoms with Gasteiger partial charge in [0.1, 0.15) is 0 Å². The Labute approximate surface area is 103 Å². The monoisotopic (exact) mass is 238 g/mol. The molecule has 0 fully saturated rings. The summed E-state index contributed by atoms with van der Waals surface area (Å²) >= 11 is 0. The molecule has 96 valence electrons. The third kappa shape index (κ3) is 4.24. The molecule has 1 rings (SSSR count). The molecule has 0 aliphatic carbocycles. The molecular formula is C13H22N2O2. The third-order valence-electron chi connectivity index (χ3n) is 2.78. The molecule has 0 amide bonds. The van der Waals surface area contributed by atoms with E-state index in [1.165, 1.54) is 0 Å². The number of para-hydroxylation sites is 2. The number of ether oxygens (including phenoxy) is 2. The second kappa shape index (κ2) is 7.14. The van der Waals surface area contributed by atoms with Crippen LogP contribution < -0.4 is 15.2 Å². The zero-order valence-electron chi connectivity index (χ0n) is 10.8. The zero-order valence-corrected chi connectivity index (χ0v) is 10.8. The van der Waals surface area contributed by atoms with Crippen LogP contribution in [-0.4, -0.2) is 45.3 Å². The van der Waals surface area contributed by atoms with Crippen LogP contribution in [0.2, 0.25) is 0 Å². The van der Waals surface area contributed by atoms with Gasteiger partial charge in [-0.15, -0.1) is 0 Å². The highest BCUT2D eigenvalue weighted by Crippen LogP contribution is 2.25. The number of likely N-dealkylation sites (N-methyl/N-ethyl adjacent to an activating group) is 1. The van der Waals surface area contributed by atoms with E-state index in [0.29, 0.717) is 19.2 Å². The van der Waals surface area contributed by atoms with Crippen LogP contribution >= 0.6 is 0 Å². The summed E-state index contributed by atoms with van der Waals surface area (Å²) in [5, 5.41) is 0. The number of rotatable bonds is 7. The standard InChI is InChI=1S/C13H22N2O2/c1-15(2)11(10-14)8-9-17-13-7-5-4-6-12(13)16-3/h4-7,11H,8-10,14H2,1-3H3. The first-order valence-electron chi connectivity index (χ1n) is 5.81. The van der Waals surface area contributed by atoms with Crippen molar-refractivity contribution in [2.24, 2.45) is 5.73 Å². The van der Waals surface area contributed by atoms with Crippen molar-refractivity contribution in [2.45, 2.75) is 12.5 Å². The van der Waals surface area contributed by atoms with E-state index in [-0.39, 0.29) is 0 Å². The molecule has 0 saturated heterocycles. The van der Waals surface area contributed by atoms with Crippen LogP contribution in [0.1, 0.15) is 6.42 Å². The van der Waals surface area contributed by atoms with Crippen molar-refractivity contribution >= 4 is 0 Å². The Morgan fingerprint density at radius 3 is 2.41 bits per heavy atom. The minimum absolute atomic E-state index is 0.352. The van der Waals surface area contributed by atoms with Crippen LogP contribution in [0.15, 0.2) is 24.3 Å². The minimum Gasteiger partial charge on any atom is -0.493 e. The molecule has 17 heavy (non-hydrogen) atoms. The molecule has 0 bridgehead atoms. The van der Waals surface area contributed by atoms with Crippen molar-refractivity contribution in [1.29, 1.82) is 0 Å². The maximum Gasteiger partial charge on any atom is 0.161 e. The normalized spacial score (nSPS) is 12.5. The first-order valence-corrected chi connectivity index (χ1v) is 5.81. The summed E-state index contributed by atoms with van der Waals surface area (Å²) in [5.41, 5.74) is 5.69. The average Bonchev–Trinajstić information content (AvgIpc) is 2.34. The van der Waals surface area contributed by atoms with E-state index in [0.717, 1.165) is 17.9 Å². The second-order valence-electron chi connectivity index (χ2n) is 4.14. The Hall–Kier alpha value is -1.26. The van der Waals surface area contributed by atoms with Gasteiger partial charge in [-0.1, -0.05) is 12.1 Å². The highest BCUT2D eigenvalue weighted by atomic mass is 16.5. The van der Waals surface area contributed by atoms with E-state index in [9.17, 15) is 0 Å². The maximum absolute atomic E-state index is 5.70. The molecule has 0 aliphatic rings. The predicted molar refractivity (Wildman–Crippen MR) is 69.6 cm³/mol. The number of hydrogen-bond acceptors (Lipinski definition) is 4. The fraction of sp³-hybridized carbons (Fsp3) is 0.538. The van der Waals surface area contributed by atoms with Crippen LogP contribution in [0.5, 0.6) is 11.5 Å². The minimum atomic E-state index is 0.352. The molecule has 0 spiro atoms. The molecule has 0 aromatic heterocycles. The molecular weight excluding hydrogens is 216 g/mol. The number of hydrogen-bond donors (Lipinski definition) is 1. The summed E-state index contributed by atoms with van der Waals surface area (Å²) in [6.07, 6.45) is 0.904. The second-order valence-corrected chi connectivity index (χ2v) is 4.14. The van der Waals surface area contributed by atoms with Gasteiger partial charge in [0.15, 0.2) is 11.5 Å². The Morgan fingerprint density at radius 2 is 1.88 bits per heavy atom. The Balaban J connectivity index is 2.45. The first-order chi connectivity index (χ1) is 8.19. The quantitative estimate of drug-likeness (QED) is 0.779. The maximum atomic E-state index is 5.70. The highest BCUT2D eigenvalue weighted by molar-refractivity contribution is 5.39. The molecule has 0 aliphatic heterocycles. The van der Waals surface area contributed by atoms with Gasteiger partial charge in [0.25, 0.3) is 0 Å². The van der Waals surface area contributed by atoms with E-state index in [1.54, 1.807) is 7.11 Å². The Kier molecular flexibility index (Phi) is 5.80. The molecule has 0 heterocycles. The number of methoxy groups -OCH3 is 1. The SMILES string of the molecule is COc1ccccc1OCCC(CN)N(C)C. The van der Waals surface area contributed by atoms with Crippen LogP contribution in [-0.2, 0) is 0 Å². The van der Waals surface area contributed by atoms with Crippen LogP contribution in [0, 0.1) is 0 Å². The zero-order chi connectivity index (χ0) is 12.7. The van der Waals surface area contributed by atoms with Gasteiger partial charge in [-0.3, -0.25) is 0 Å². The fourth-order valence-corrected chi connectivity index (χ4v) is 1.63. The summed E-state index contributed by atoms with van der Waals surface area (Å²) in [5.74, 6) is 1.55. The summed E-state index contributed by atoms with van der Waals surface area (Å²) in [4.78, 5) is 2.12. The van der Waals surface area contributed by atoms with Crippen molar-refractivity contribution < 1.29 is 9.47 Å². The van der Waals surface area contributed by atoms with Crippen molar-refractivity contribution in [2.75, 3.05) is 34.4 Å². The van der Waals surface area contributed by atoms with Gasteiger partial charge < -0.3 is 20.1 Å². The van der Waals surface area contributed by atoms with Gasteiger partial charge in [-0.05, 0) is 32.6 Å². The topological polar surface area (TPSA) is 47.7 Å². The average molecular weight is 238 g/mol. The molecule has 2 N–H and O–H groups in total. The largest absolute Gasteiger partial charge is 0.493 e. The van der Waals surface area contributed by atoms with E-state index < -0.39 is 0 Å². The van der Waals surface area contributed by atoms with Gasteiger partial charge in [-0.2, -0.15) is 0 Å². The van der Waals surface area contributed by atoms with Crippen LogP contribution in [0.4, 0.5) is 0 Å². The summed E-state index contributed by atoms with van der Waals surface area (Å²) in [6.45, 7) is 1.28. The van der Waals surface area contributed by atoms with Gasteiger partial charge in [0, 0.05) is 12.6 Å². The third-order valence-corrected chi connectivity index (χ3v) is 2.78. The highest BCUT2D eigenvalue weighted by Gasteiger charge is 2.09. The van der Waals surface area contributed by atoms with Crippen molar-refractivity contribution in [1.82, 2.24) is 4.90 Å². The lowest BCUT2D eigenvalue weighted by atomic mass is 10.2. The van der Waals surface area contributed by atoms with E-state index in [1.807, 2.05) is 38.4 Å². The summed E-state index contributed by atoms with van der Waals surface area (Å²) in [6, 6.07) is 8.01. The molecule has 1 atom stereocenters. The molecule has 0 saturated carbocycles. The Bertz CT molecular complexity index is 329. The van der Waals surface area contributed by atoms with Gasteiger partial charge >= 0.3 is 0 Å². The molecule has 1 aromatic rings. The van der Waals surface area contributed by atoms with E-state index >= 15 is 0 Å². The van der Waals surface area contributed by atoms with Crippen LogP contribution in [0.25, 0.3) is 0 Å².